The summed E-state index contributed by atoms with van der Waals surface area (Å²) < 4.78 is 1.87. The molecule has 0 unspecified atom stereocenters. The monoisotopic (exact) mass is 342 g/mol. The molecular formula is C16H15ClN6O. The van der Waals surface area contributed by atoms with E-state index in [4.69, 9.17) is 11.6 Å². The van der Waals surface area contributed by atoms with Gasteiger partial charge in [0.2, 0.25) is 0 Å². The standard InChI is InChI=1S/C16H15ClN6O/c1-11-18-8-9-23(11)15-12(4-2-7-20-15)10-21-16(24)22-13-5-3-6-19-14(13)17/h2-9H,10H2,1H3,(H2,21,22,24). The van der Waals surface area contributed by atoms with E-state index in [0.29, 0.717) is 12.2 Å². The zero-order valence-electron chi connectivity index (χ0n) is 12.9. The number of amides is 2. The maximum Gasteiger partial charge on any atom is 0.319 e. The predicted molar refractivity (Wildman–Crippen MR) is 91.2 cm³/mol. The third-order valence-corrected chi connectivity index (χ3v) is 3.67. The predicted octanol–water partition coefficient (Wildman–Crippen LogP) is 2.95. The number of carbonyl (C=O) groups excluding carboxylic acids is 1. The molecule has 3 aromatic heterocycles. The molecule has 122 valence electrons. The highest BCUT2D eigenvalue weighted by Gasteiger charge is 2.10. The molecule has 0 aliphatic rings. The molecule has 0 atom stereocenters. The summed E-state index contributed by atoms with van der Waals surface area (Å²) in [6.45, 7) is 2.20. The van der Waals surface area contributed by atoms with E-state index >= 15 is 0 Å². The minimum Gasteiger partial charge on any atom is -0.334 e. The van der Waals surface area contributed by atoms with Crippen LogP contribution < -0.4 is 10.6 Å². The third-order valence-electron chi connectivity index (χ3n) is 3.37. The number of pyridine rings is 2. The first-order chi connectivity index (χ1) is 11.6. The molecule has 8 heteroatoms. The molecule has 7 nitrogen and oxygen atoms in total. The summed E-state index contributed by atoms with van der Waals surface area (Å²) in [5, 5.41) is 5.69. The highest BCUT2D eigenvalue weighted by Crippen LogP contribution is 2.17. The third kappa shape index (κ3) is 3.52. The Morgan fingerprint density at radius 1 is 1.17 bits per heavy atom. The number of nitrogens with zero attached hydrogens (tertiary/aromatic N) is 4. The molecule has 0 radical (unpaired) electrons. The lowest BCUT2D eigenvalue weighted by molar-refractivity contribution is 0.251. The Bertz CT molecular complexity index is 863. The average Bonchev–Trinajstić information content (AvgIpc) is 3.01. The lowest BCUT2D eigenvalue weighted by atomic mass is 10.2. The first kappa shape index (κ1) is 15.9. The molecule has 0 saturated heterocycles. The summed E-state index contributed by atoms with van der Waals surface area (Å²) in [6, 6.07) is 6.73. The van der Waals surface area contributed by atoms with Gasteiger partial charge in [0.15, 0.2) is 5.15 Å². The van der Waals surface area contributed by atoms with Crippen molar-refractivity contribution < 1.29 is 4.79 Å². The van der Waals surface area contributed by atoms with Crippen LogP contribution in [-0.4, -0.2) is 25.6 Å². The normalized spacial score (nSPS) is 10.4. The molecule has 24 heavy (non-hydrogen) atoms. The van der Waals surface area contributed by atoms with Gasteiger partial charge in [0, 0.05) is 36.9 Å². The fourth-order valence-corrected chi connectivity index (χ4v) is 2.37. The van der Waals surface area contributed by atoms with Crippen LogP contribution in [0.15, 0.2) is 49.1 Å². The summed E-state index contributed by atoms with van der Waals surface area (Å²) in [5.74, 6) is 1.55. The van der Waals surface area contributed by atoms with Crippen LogP contribution in [0.4, 0.5) is 10.5 Å². The number of imidazole rings is 1. The molecule has 0 saturated carbocycles. The van der Waals surface area contributed by atoms with Crippen LogP contribution in [0.2, 0.25) is 5.15 Å². The van der Waals surface area contributed by atoms with Crippen LogP contribution in [0.3, 0.4) is 0 Å². The van der Waals surface area contributed by atoms with Gasteiger partial charge in [-0.3, -0.25) is 4.57 Å². The van der Waals surface area contributed by atoms with E-state index in [-0.39, 0.29) is 11.2 Å². The fourth-order valence-electron chi connectivity index (χ4n) is 2.21. The molecule has 3 rings (SSSR count). The fraction of sp³-hybridized carbons (Fsp3) is 0.125. The Kier molecular flexibility index (Phi) is 4.72. The largest absolute Gasteiger partial charge is 0.334 e. The van der Waals surface area contributed by atoms with E-state index in [1.165, 1.54) is 0 Å². The molecule has 0 bridgehead atoms. The molecule has 0 aliphatic carbocycles. The summed E-state index contributed by atoms with van der Waals surface area (Å²) in [7, 11) is 0. The van der Waals surface area contributed by atoms with Gasteiger partial charge in [-0.2, -0.15) is 0 Å². The topological polar surface area (TPSA) is 84.7 Å². The Balaban J connectivity index is 1.70. The van der Waals surface area contributed by atoms with Crippen molar-refractivity contribution in [2.24, 2.45) is 0 Å². The Morgan fingerprint density at radius 3 is 2.71 bits per heavy atom. The second-order valence-corrected chi connectivity index (χ2v) is 5.34. The van der Waals surface area contributed by atoms with Gasteiger partial charge in [-0.05, 0) is 25.1 Å². The van der Waals surface area contributed by atoms with E-state index in [1.54, 1.807) is 30.7 Å². The Labute approximate surface area is 143 Å². The van der Waals surface area contributed by atoms with Crippen molar-refractivity contribution in [3.63, 3.8) is 0 Å². The van der Waals surface area contributed by atoms with Gasteiger partial charge >= 0.3 is 6.03 Å². The lowest BCUT2D eigenvalue weighted by Crippen LogP contribution is -2.29. The van der Waals surface area contributed by atoms with Gasteiger partial charge in [0.05, 0.1) is 5.69 Å². The molecule has 0 spiro atoms. The van der Waals surface area contributed by atoms with Crippen molar-refractivity contribution in [2.75, 3.05) is 5.32 Å². The van der Waals surface area contributed by atoms with Gasteiger partial charge in [-0.1, -0.05) is 17.7 Å². The van der Waals surface area contributed by atoms with Gasteiger partial charge < -0.3 is 10.6 Å². The molecule has 0 aromatic carbocycles. The minimum absolute atomic E-state index is 0.240. The summed E-state index contributed by atoms with van der Waals surface area (Å²) in [5.41, 5.74) is 1.32. The van der Waals surface area contributed by atoms with Crippen LogP contribution in [0.25, 0.3) is 5.82 Å². The number of anilines is 1. The molecular weight excluding hydrogens is 328 g/mol. The van der Waals surface area contributed by atoms with Crippen molar-refractivity contribution in [2.45, 2.75) is 13.5 Å². The van der Waals surface area contributed by atoms with Crippen LogP contribution in [0.5, 0.6) is 0 Å². The summed E-state index contributed by atoms with van der Waals surface area (Å²) in [6.07, 6.45) is 6.80. The second kappa shape index (κ2) is 7.10. The zero-order valence-corrected chi connectivity index (χ0v) is 13.7. The number of urea groups is 1. The van der Waals surface area contributed by atoms with Crippen molar-refractivity contribution in [3.8, 4) is 5.82 Å². The Morgan fingerprint density at radius 2 is 1.96 bits per heavy atom. The first-order valence-electron chi connectivity index (χ1n) is 7.25. The molecule has 3 aromatic rings. The van der Waals surface area contributed by atoms with E-state index < -0.39 is 0 Å². The van der Waals surface area contributed by atoms with Crippen LogP contribution in [-0.2, 0) is 6.54 Å². The maximum atomic E-state index is 12.1. The molecule has 2 amide bonds. The van der Waals surface area contributed by atoms with Crippen LogP contribution in [0.1, 0.15) is 11.4 Å². The number of aryl methyl sites for hydroxylation is 1. The summed E-state index contributed by atoms with van der Waals surface area (Å²) >= 11 is 5.92. The number of aromatic nitrogens is 4. The summed E-state index contributed by atoms with van der Waals surface area (Å²) in [4.78, 5) is 24.5. The van der Waals surface area contributed by atoms with E-state index in [2.05, 4.69) is 25.6 Å². The van der Waals surface area contributed by atoms with E-state index in [1.807, 2.05) is 29.8 Å². The van der Waals surface area contributed by atoms with Crippen LogP contribution >= 0.6 is 11.6 Å². The molecule has 0 fully saturated rings. The van der Waals surface area contributed by atoms with Gasteiger partial charge in [0.25, 0.3) is 0 Å². The number of rotatable bonds is 4. The van der Waals surface area contributed by atoms with Gasteiger partial charge in [-0.15, -0.1) is 0 Å². The van der Waals surface area contributed by atoms with Gasteiger partial charge in [-0.25, -0.2) is 19.7 Å². The number of carbonyl (C=O) groups is 1. The molecule has 3 heterocycles. The highest BCUT2D eigenvalue weighted by molar-refractivity contribution is 6.32. The zero-order chi connectivity index (χ0) is 16.9. The van der Waals surface area contributed by atoms with E-state index in [9.17, 15) is 4.79 Å². The number of hydrogen-bond donors (Lipinski definition) is 2. The highest BCUT2D eigenvalue weighted by atomic mass is 35.5. The number of halogens is 1. The quantitative estimate of drug-likeness (QED) is 0.714. The second-order valence-electron chi connectivity index (χ2n) is 4.98. The van der Waals surface area contributed by atoms with Crippen molar-refractivity contribution in [3.05, 3.63) is 65.6 Å². The maximum absolute atomic E-state index is 12.1. The first-order valence-corrected chi connectivity index (χ1v) is 7.62. The molecule has 0 aliphatic heterocycles. The number of nitrogens with one attached hydrogen (secondary N) is 2. The minimum atomic E-state index is -0.373. The van der Waals surface area contributed by atoms with Gasteiger partial charge in [0.1, 0.15) is 11.6 Å². The lowest BCUT2D eigenvalue weighted by Gasteiger charge is -2.12. The van der Waals surface area contributed by atoms with Crippen molar-refractivity contribution in [1.29, 1.82) is 0 Å². The van der Waals surface area contributed by atoms with Crippen LogP contribution in [0, 0.1) is 6.92 Å². The smallest absolute Gasteiger partial charge is 0.319 e. The van der Waals surface area contributed by atoms with Crippen molar-refractivity contribution in [1.82, 2.24) is 24.8 Å². The average molecular weight is 343 g/mol. The SMILES string of the molecule is Cc1nccn1-c1ncccc1CNC(=O)Nc1cccnc1Cl. The van der Waals surface area contributed by atoms with Crippen molar-refractivity contribution >= 4 is 23.3 Å². The molecule has 2 N–H and O–H groups in total. The number of hydrogen-bond acceptors (Lipinski definition) is 4. The Hall–Kier alpha value is -2.93. The van der Waals surface area contributed by atoms with E-state index in [0.717, 1.165) is 17.2 Å².